The molecular formula is C9H15N5O2S. The molecule has 0 spiro atoms. The fourth-order valence-corrected chi connectivity index (χ4v) is 2.38. The average Bonchev–Trinajstić information content (AvgIpc) is 3.00. The van der Waals surface area contributed by atoms with Crippen LogP contribution in [-0.4, -0.2) is 32.0 Å². The first-order chi connectivity index (χ1) is 7.92. The predicted molar refractivity (Wildman–Crippen MR) is 63.6 cm³/mol. The van der Waals surface area contributed by atoms with Gasteiger partial charge in [-0.25, -0.2) is 9.89 Å². The van der Waals surface area contributed by atoms with Gasteiger partial charge in [0.15, 0.2) is 5.16 Å². The molecule has 1 saturated carbocycles. The number of hydrogen-bond acceptors (Lipinski definition) is 5. The number of carbonyl (C=O) groups excluding carboxylic acids is 1. The Morgan fingerprint density at radius 1 is 1.71 bits per heavy atom. The molecule has 1 aromatic rings. The largest absolute Gasteiger partial charge is 0.368 e. The quantitative estimate of drug-likeness (QED) is 0.596. The first-order valence-electron chi connectivity index (χ1n) is 5.30. The summed E-state index contributed by atoms with van der Waals surface area (Å²) in [6.07, 6.45) is 1.98. The molecule has 94 valence electrons. The molecule has 1 atom stereocenters. The van der Waals surface area contributed by atoms with Crippen LogP contribution in [0.15, 0.2) is 9.95 Å². The highest BCUT2D eigenvalue weighted by molar-refractivity contribution is 7.99. The second-order valence-corrected chi connectivity index (χ2v) is 5.43. The molecule has 1 fully saturated rings. The summed E-state index contributed by atoms with van der Waals surface area (Å²) in [5.41, 5.74) is 9.59. The fourth-order valence-electron chi connectivity index (χ4n) is 1.33. The highest BCUT2D eigenvalue weighted by Crippen LogP contribution is 2.36. The first-order valence-corrected chi connectivity index (χ1v) is 6.29. The van der Waals surface area contributed by atoms with E-state index in [9.17, 15) is 9.59 Å². The third-order valence-electron chi connectivity index (χ3n) is 2.65. The lowest BCUT2D eigenvalue weighted by atomic mass is 10.1. The van der Waals surface area contributed by atoms with E-state index in [0.29, 0.717) is 10.9 Å². The Hall–Kier alpha value is -1.28. The van der Waals surface area contributed by atoms with Crippen molar-refractivity contribution in [3.63, 3.8) is 0 Å². The Bertz CT molecular complexity index is 488. The fraction of sp³-hybridized carbons (Fsp3) is 0.667. The van der Waals surface area contributed by atoms with Crippen molar-refractivity contribution >= 4 is 17.7 Å². The van der Waals surface area contributed by atoms with E-state index < -0.39 is 11.4 Å². The van der Waals surface area contributed by atoms with Crippen LogP contribution in [0.3, 0.4) is 0 Å². The molecule has 5 N–H and O–H groups in total. The summed E-state index contributed by atoms with van der Waals surface area (Å²) in [6.45, 7) is 1.56. The monoisotopic (exact) mass is 257 g/mol. The van der Waals surface area contributed by atoms with Crippen LogP contribution in [0.25, 0.3) is 0 Å². The summed E-state index contributed by atoms with van der Waals surface area (Å²) < 4.78 is 1.61. The molecule has 8 heteroatoms. The van der Waals surface area contributed by atoms with Crippen LogP contribution in [0.2, 0.25) is 0 Å². The Balaban J connectivity index is 2.09. The molecule has 1 aromatic heterocycles. The molecule has 0 saturated heterocycles. The first kappa shape index (κ1) is 12.2. The normalized spacial score (nSPS) is 18.9. The zero-order chi connectivity index (χ0) is 12.6. The Kier molecular flexibility index (Phi) is 3.00. The van der Waals surface area contributed by atoms with Crippen molar-refractivity contribution in [1.29, 1.82) is 0 Å². The van der Waals surface area contributed by atoms with Crippen LogP contribution < -0.4 is 17.2 Å². The van der Waals surface area contributed by atoms with Gasteiger partial charge in [0.2, 0.25) is 5.91 Å². The minimum Gasteiger partial charge on any atom is -0.368 e. The van der Waals surface area contributed by atoms with Crippen molar-refractivity contribution < 1.29 is 4.79 Å². The molecule has 1 heterocycles. The van der Waals surface area contributed by atoms with Crippen molar-refractivity contribution in [3.05, 3.63) is 10.5 Å². The SMILES string of the molecule is CC(N)(CSc1n[nH]c(=O)n1C1CC1)C(N)=O. The second-order valence-electron chi connectivity index (χ2n) is 4.48. The topological polar surface area (TPSA) is 120 Å². The molecular weight excluding hydrogens is 242 g/mol. The zero-order valence-electron chi connectivity index (χ0n) is 9.47. The van der Waals surface area contributed by atoms with E-state index in [0.717, 1.165) is 12.8 Å². The number of nitrogens with two attached hydrogens (primary N) is 2. The predicted octanol–water partition coefficient (Wildman–Crippen LogP) is -0.799. The molecule has 1 aliphatic carbocycles. The van der Waals surface area contributed by atoms with Crippen LogP contribution in [0, 0.1) is 0 Å². The van der Waals surface area contributed by atoms with E-state index in [-0.39, 0.29) is 11.7 Å². The van der Waals surface area contributed by atoms with Gasteiger partial charge in [0.25, 0.3) is 0 Å². The highest BCUT2D eigenvalue weighted by Gasteiger charge is 2.31. The summed E-state index contributed by atoms with van der Waals surface area (Å²) in [5.74, 6) is -0.278. The molecule has 2 rings (SSSR count). The average molecular weight is 257 g/mol. The molecule has 1 amide bonds. The lowest BCUT2D eigenvalue weighted by Gasteiger charge is -2.19. The number of carbonyl (C=O) groups is 1. The molecule has 0 radical (unpaired) electrons. The molecule has 0 aliphatic heterocycles. The molecule has 0 bridgehead atoms. The number of amides is 1. The van der Waals surface area contributed by atoms with Gasteiger partial charge in [-0.1, -0.05) is 11.8 Å². The number of aromatic amines is 1. The van der Waals surface area contributed by atoms with Gasteiger partial charge in [-0.15, -0.1) is 5.10 Å². The van der Waals surface area contributed by atoms with E-state index in [1.165, 1.54) is 11.8 Å². The van der Waals surface area contributed by atoms with Gasteiger partial charge in [0.05, 0.1) is 0 Å². The maximum Gasteiger partial charge on any atom is 0.344 e. The standard InChI is InChI=1S/C9H15N5O2S/c1-9(11,6(10)15)4-17-8-13-12-7(16)14(8)5-2-3-5/h5H,2-4,11H2,1H3,(H2,10,15)(H,12,16). The van der Waals surface area contributed by atoms with Gasteiger partial charge in [0.1, 0.15) is 5.54 Å². The van der Waals surface area contributed by atoms with Crippen molar-refractivity contribution in [3.8, 4) is 0 Å². The van der Waals surface area contributed by atoms with E-state index >= 15 is 0 Å². The minimum absolute atomic E-state index is 0.215. The van der Waals surface area contributed by atoms with Crippen molar-refractivity contribution in [2.24, 2.45) is 11.5 Å². The van der Waals surface area contributed by atoms with Crippen LogP contribution in [0.5, 0.6) is 0 Å². The number of H-pyrrole nitrogens is 1. The van der Waals surface area contributed by atoms with Gasteiger partial charge in [-0.3, -0.25) is 9.36 Å². The number of primary amides is 1. The van der Waals surface area contributed by atoms with Gasteiger partial charge in [-0.05, 0) is 19.8 Å². The van der Waals surface area contributed by atoms with E-state index in [2.05, 4.69) is 10.2 Å². The third kappa shape index (κ3) is 2.52. The summed E-state index contributed by atoms with van der Waals surface area (Å²) in [4.78, 5) is 22.6. The van der Waals surface area contributed by atoms with Crippen molar-refractivity contribution in [2.75, 3.05) is 5.75 Å². The van der Waals surface area contributed by atoms with Gasteiger partial charge >= 0.3 is 5.69 Å². The molecule has 1 aliphatic rings. The number of nitrogens with one attached hydrogen (secondary N) is 1. The van der Waals surface area contributed by atoms with Crippen LogP contribution in [0.4, 0.5) is 0 Å². The Morgan fingerprint density at radius 3 is 2.88 bits per heavy atom. The second kappa shape index (κ2) is 4.19. The number of hydrogen-bond donors (Lipinski definition) is 3. The zero-order valence-corrected chi connectivity index (χ0v) is 10.3. The van der Waals surface area contributed by atoms with Crippen molar-refractivity contribution in [1.82, 2.24) is 14.8 Å². The molecule has 17 heavy (non-hydrogen) atoms. The Morgan fingerprint density at radius 2 is 2.35 bits per heavy atom. The van der Waals surface area contributed by atoms with Crippen LogP contribution in [-0.2, 0) is 4.79 Å². The summed E-state index contributed by atoms with van der Waals surface area (Å²) >= 11 is 1.27. The number of thioether (sulfide) groups is 1. The summed E-state index contributed by atoms with van der Waals surface area (Å²) in [7, 11) is 0. The number of aromatic nitrogens is 3. The Labute approximate surface area is 102 Å². The van der Waals surface area contributed by atoms with Crippen LogP contribution >= 0.6 is 11.8 Å². The van der Waals surface area contributed by atoms with Gasteiger partial charge < -0.3 is 11.5 Å². The third-order valence-corrected chi connectivity index (χ3v) is 3.94. The van der Waals surface area contributed by atoms with E-state index in [1.807, 2.05) is 0 Å². The number of nitrogens with zero attached hydrogens (tertiary/aromatic N) is 2. The lowest BCUT2D eigenvalue weighted by molar-refractivity contribution is -0.121. The maximum absolute atomic E-state index is 11.5. The molecule has 1 unspecified atom stereocenters. The molecule has 0 aromatic carbocycles. The van der Waals surface area contributed by atoms with E-state index in [4.69, 9.17) is 11.5 Å². The van der Waals surface area contributed by atoms with Crippen molar-refractivity contribution in [2.45, 2.75) is 36.5 Å². The smallest absolute Gasteiger partial charge is 0.344 e. The molecule has 7 nitrogen and oxygen atoms in total. The number of rotatable bonds is 5. The lowest BCUT2D eigenvalue weighted by Crippen LogP contribution is -2.51. The summed E-state index contributed by atoms with van der Waals surface area (Å²) in [6, 6.07) is 0.237. The summed E-state index contributed by atoms with van der Waals surface area (Å²) in [5, 5.41) is 6.89. The maximum atomic E-state index is 11.5. The minimum atomic E-state index is -1.10. The van der Waals surface area contributed by atoms with Gasteiger partial charge in [0, 0.05) is 11.8 Å². The van der Waals surface area contributed by atoms with Crippen LogP contribution in [0.1, 0.15) is 25.8 Å². The van der Waals surface area contributed by atoms with Gasteiger partial charge in [-0.2, -0.15) is 0 Å². The van der Waals surface area contributed by atoms with E-state index in [1.54, 1.807) is 11.5 Å². The highest BCUT2D eigenvalue weighted by atomic mass is 32.2.